The summed E-state index contributed by atoms with van der Waals surface area (Å²) in [4.78, 5) is 20.4. The minimum Gasteiger partial charge on any atom is -0.464 e. The molecule has 0 aliphatic carbocycles. The van der Waals surface area contributed by atoms with E-state index in [-0.39, 0.29) is 17.0 Å². The van der Waals surface area contributed by atoms with Gasteiger partial charge in [0.15, 0.2) is 17.0 Å². The molecule has 0 atom stereocenters. The van der Waals surface area contributed by atoms with Crippen LogP contribution in [0.2, 0.25) is 0 Å². The standard InChI is InChI=1S/C19H13F3N4O2/c1-10-8-14(19(20,21)22)24-16-15(10)17-23-12(11-6-4-3-5-7-11)9-13(18(27)28-2)26(17)25-16/h3-9H,1-2H3. The smallest absolute Gasteiger partial charge is 0.433 e. The Morgan fingerprint density at radius 2 is 1.82 bits per heavy atom. The van der Waals surface area contributed by atoms with Gasteiger partial charge in [0, 0.05) is 5.56 Å². The number of rotatable bonds is 2. The van der Waals surface area contributed by atoms with Crippen molar-refractivity contribution in [3.63, 3.8) is 0 Å². The van der Waals surface area contributed by atoms with Gasteiger partial charge in [0.2, 0.25) is 0 Å². The van der Waals surface area contributed by atoms with Crippen LogP contribution in [0.3, 0.4) is 0 Å². The highest BCUT2D eigenvalue weighted by atomic mass is 19.4. The Morgan fingerprint density at radius 3 is 2.46 bits per heavy atom. The minimum absolute atomic E-state index is 0.0392. The zero-order chi connectivity index (χ0) is 20.1. The molecule has 0 unspecified atom stereocenters. The number of alkyl halides is 3. The molecule has 0 aliphatic heterocycles. The SMILES string of the molecule is COC(=O)c1cc(-c2ccccc2)nc2c3c(C)cc(C(F)(F)F)nc3nn12. The van der Waals surface area contributed by atoms with Gasteiger partial charge in [0.1, 0.15) is 5.69 Å². The highest BCUT2D eigenvalue weighted by Crippen LogP contribution is 2.32. The van der Waals surface area contributed by atoms with Crippen molar-refractivity contribution < 1.29 is 22.7 Å². The second-order valence-electron chi connectivity index (χ2n) is 6.14. The molecule has 0 bridgehead atoms. The molecule has 3 aromatic heterocycles. The fourth-order valence-electron chi connectivity index (χ4n) is 3.01. The van der Waals surface area contributed by atoms with Crippen LogP contribution in [0.5, 0.6) is 0 Å². The molecule has 142 valence electrons. The summed E-state index contributed by atoms with van der Waals surface area (Å²) in [6, 6.07) is 11.5. The number of fused-ring (bicyclic) bond motifs is 3. The van der Waals surface area contributed by atoms with Gasteiger partial charge in [-0.3, -0.25) is 0 Å². The summed E-state index contributed by atoms with van der Waals surface area (Å²) < 4.78 is 45.3. The first-order valence-corrected chi connectivity index (χ1v) is 8.21. The summed E-state index contributed by atoms with van der Waals surface area (Å²) in [5.41, 5.74) is 0.587. The van der Waals surface area contributed by atoms with Gasteiger partial charge in [-0.2, -0.15) is 13.2 Å². The molecule has 4 rings (SSSR count). The molecule has 3 heterocycles. The van der Waals surface area contributed by atoms with Crippen LogP contribution in [-0.4, -0.2) is 32.7 Å². The van der Waals surface area contributed by atoms with Gasteiger partial charge in [-0.25, -0.2) is 19.3 Å². The third-order valence-corrected chi connectivity index (χ3v) is 4.30. The van der Waals surface area contributed by atoms with Gasteiger partial charge < -0.3 is 4.74 Å². The van der Waals surface area contributed by atoms with Crippen LogP contribution in [0.1, 0.15) is 21.7 Å². The number of halogens is 3. The Morgan fingerprint density at radius 1 is 1.11 bits per heavy atom. The first-order chi connectivity index (χ1) is 13.3. The van der Waals surface area contributed by atoms with Gasteiger partial charge in [0.25, 0.3) is 0 Å². The summed E-state index contributed by atoms with van der Waals surface area (Å²) in [6.45, 7) is 1.52. The molecule has 28 heavy (non-hydrogen) atoms. The van der Waals surface area contributed by atoms with E-state index in [1.165, 1.54) is 24.6 Å². The lowest BCUT2D eigenvalue weighted by molar-refractivity contribution is -0.141. The largest absolute Gasteiger partial charge is 0.464 e. The van der Waals surface area contributed by atoms with Crippen molar-refractivity contribution >= 4 is 22.6 Å². The number of hydrogen-bond acceptors (Lipinski definition) is 5. The molecule has 0 aliphatic rings. The predicted molar refractivity (Wildman–Crippen MR) is 94.8 cm³/mol. The molecular weight excluding hydrogens is 373 g/mol. The molecule has 1 aromatic carbocycles. The maximum Gasteiger partial charge on any atom is 0.433 e. The van der Waals surface area contributed by atoms with Gasteiger partial charge in [0.05, 0.1) is 18.2 Å². The van der Waals surface area contributed by atoms with Gasteiger partial charge in [-0.05, 0) is 24.6 Å². The minimum atomic E-state index is -4.61. The number of nitrogens with zero attached hydrogens (tertiary/aromatic N) is 4. The molecule has 0 N–H and O–H groups in total. The topological polar surface area (TPSA) is 69.4 Å². The summed E-state index contributed by atoms with van der Waals surface area (Å²) >= 11 is 0. The van der Waals surface area contributed by atoms with E-state index in [1.807, 2.05) is 30.3 Å². The number of pyridine rings is 1. The first kappa shape index (κ1) is 17.9. The lowest BCUT2D eigenvalue weighted by Gasteiger charge is -2.07. The quantitative estimate of drug-likeness (QED) is 0.486. The van der Waals surface area contributed by atoms with E-state index in [4.69, 9.17) is 4.74 Å². The molecule has 9 heteroatoms. The molecular formula is C19H13F3N4O2. The van der Waals surface area contributed by atoms with Crippen molar-refractivity contribution in [3.05, 3.63) is 59.4 Å². The fourth-order valence-corrected chi connectivity index (χ4v) is 3.01. The molecule has 0 saturated heterocycles. The van der Waals surface area contributed by atoms with Gasteiger partial charge in [-0.15, -0.1) is 5.10 Å². The number of esters is 1. The number of aryl methyl sites for hydroxylation is 1. The Labute approximate surface area is 156 Å². The highest BCUT2D eigenvalue weighted by molar-refractivity contribution is 5.97. The van der Waals surface area contributed by atoms with Gasteiger partial charge in [-0.1, -0.05) is 30.3 Å². The van der Waals surface area contributed by atoms with Crippen molar-refractivity contribution in [2.45, 2.75) is 13.1 Å². The Hall–Kier alpha value is -3.49. The van der Waals surface area contributed by atoms with Crippen LogP contribution in [-0.2, 0) is 10.9 Å². The van der Waals surface area contributed by atoms with E-state index in [2.05, 4.69) is 15.1 Å². The van der Waals surface area contributed by atoms with Crippen molar-refractivity contribution in [2.75, 3.05) is 7.11 Å². The highest BCUT2D eigenvalue weighted by Gasteiger charge is 2.34. The zero-order valence-corrected chi connectivity index (χ0v) is 14.8. The number of carbonyl (C=O) groups excluding carboxylic acids is 1. The number of ether oxygens (including phenoxy) is 1. The lowest BCUT2D eigenvalue weighted by Crippen LogP contribution is -2.10. The Kier molecular flexibility index (Phi) is 4.02. The molecule has 4 aromatic rings. The van der Waals surface area contributed by atoms with Crippen LogP contribution in [0.4, 0.5) is 13.2 Å². The van der Waals surface area contributed by atoms with Crippen molar-refractivity contribution in [2.24, 2.45) is 0 Å². The first-order valence-electron chi connectivity index (χ1n) is 8.21. The molecule has 0 spiro atoms. The fraction of sp³-hybridized carbons (Fsp3) is 0.158. The molecule has 0 saturated carbocycles. The van der Waals surface area contributed by atoms with Crippen LogP contribution in [0.15, 0.2) is 42.5 Å². The predicted octanol–water partition coefficient (Wildman–Crippen LogP) is 4.06. The number of hydrogen-bond donors (Lipinski definition) is 0. The summed E-state index contributed by atoms with van der Waals surface area (Å²) in [5.74, 6) is -0.689. The average molecular weight is 386 g/mol. The Balaban J connectivity index is 2.10. The number of carbonyl (C=O) groups is 1. The summed E-state index contributed by atoms with van der Waals surface area (Å²) in [6.07, 6.45) is -4.61. The second-order valence-corrected chi connectivity index (χ2v) is 6.14. The maximum absolute atomic E-state index is 13.1. The second kappa shape index (κ2) is 6.29. The zero-order valence-electron chi connectivity index (χ0n) is 14.8. The van der Waals surface area contributed by atoms with Crippen LogP contribution in [0.25, 0.3) is 27.9 Å². The van der Waals surface area contributed by atoms with Gasteiger partial charge >= 0.3 is 12.1 Å². The van der Waals surface area contributed by atoms with Crippen molar-refractivity contribution in [1.82, 2.24) is 19.6 Å². The Bertz CT molecular complexity index is 1220. The third-order valence-electron chi connectivity index (χ3n) is 4.30. The lowest BCUT2D eigenvalue weighted by atomic mass is 10.1. The van der Waals surface area contributed by atoms with Crippen LogP contribution in [0, 0.1) is 6.92 Å². The van der Waals surface area contributed by atoms with E-state index in [0.29, 0.717) is 16.6 Å². The third kappa shape index (κ3) is 2.84. The van der Waals surface area contributed by atoms with Crippen LogP contribution >= 0.6 is 0 Å². The summed E-state index contributed by atoms with van der Waals surface area (Å²) in [7, 11) is 1.21. The van der Waals surface area contributed by atoms with Crippen molar-refractivity contribution in [1.29, 1.82) is 0 Å². The maximum atomic E-state index is 13.1. The van der Waals surface area contributed by atoms with E-state index in [1.54, 1.807) is 0 Å². The van der Waals surface area contributed by atoms with E-state index >= 15 is 0 Å². The van der Waals surface area contributed by atoms with Crippen molar-refractivity contribution in [3.8, 4) is 11.3 Å². The molecule has 0 amide bonds. The molecule has 0 fully saturated rings. The molecule has 6 nitrogen and oxygen atoms in total. The number of aromatic nitrogens is 4. The van der Waals surface area contributed by atoms with E-state index in [0.717, 1.165) is 11.6 Å². The summed E-state index contributed by atoms with van der Waals surface area (Å²) in [5, 5.41) is 4.44. The molecule has 0 radical (unpaired) electrons. The van der Waals surface area contributed by atoms with E-state index < -0.39 is 17.8 Å². The average Bonchev–Trinajstić information content (AvgIpc) is 3.05. The number of benzene rings is 1. The van der Waals surface area contributed by atoms with Crippen LogP contribution < -0.4 is 0 Å². The normalized spacial score (nSPS) is 11.9. The van der Waals surface area contributed by atoms with E-state index in [9.17, 15) is 18.0 Å². The number of methoxy groups -OCH3 is 1. The monoisotopic (exact) mass is 386 g/mol.